The smallest absolute Gasteiger partial charge is 0.241 e. The number of hydrogen-bond donors (Lipinski definition) is 1. The summed E-state index contributed by atoms with van der Waals surface area (Å²) in [6, 6.07) is 16.5. The summed E-state index contributed by atoms with van der Waals surface area (Å²) in [5.41, 5.74) is 3.33. The van der Waals surface area contributed by atoms with Crippen LogP contribution in [0.5, 0.6) is 5.75 Å². The first kappa shape index (κ1) is 19.4. The van der Waals surface area contributed by atoms with Crippen LogP contribution in [0.25, 0.3) is 10.8 Å². The molecule has 0 radical (unpaired) electrons. The van der Waals surface area contributed by atoms with E-state index >= 15 is 0 Å². The van der Waals surface area contributed by atoms with Crippen LogP contribution >= 0.6 is 0 Å². The fourth-order valence-corrected chi connectivity index (χ4v) is 4.46. The number of aryl methyl sites for hydroxylation is 2. The molecular weight excluding hydrogens is 358 g/mol. The maximum Gasteiger partial charge on any atom is 0.241 e. The number of ether oxygens (including phenoxy) is 1. The van der Waals surface area contributed by atoms with Crippen LogP contribution in [0, 0.1) is 13.8 Å². The Morgan fingerprint density at radius 1 is 0.926 bits per heavy atom. The van der Waals surface area contributed by atoms with Gasteiger partial charge in [-0.2, -0.15) is 0 Å². The van der Waals surface area contributed by atoms with Crippen molar-refractivity contribution in [1.82, 2.24) is 4.72 Å². The molecule has 3 rings (SSSR count). The first-order valence-electron chi connectivity index (χ1n) is 9.01. The highest BCUT2D eigenvalue weighted by atomic mass is 32.2. The number of methoxy groups -OCH3 is 1. The van der Waals surface area contributed by atoms with Crippen LogP contribution in [0.4, 0.5) is 0 Å². The Bertz CT molecular complexity index is 1070. The molecular formula is C22H25NO3S. The van der Waals surface area contributed by atoms with E-state index in [-0.39, 0.29) is 10.9 Å². The van der Waals surface area contributed by atoms with Crippen molar-refractivity contribution < 1.29 is 13.2 Å². The van der Waals surface area contributed by atoms with Crippen LogP contribution in [-0.4, -0.2) is 15.5 Å². The minimum atomic E-state index is -3.63. The van der Waals surface area contributed by atoms with Crippen LogP contribution in [0.3, 0.4) is 0 Å². The lowest BCUT2D eigenvalue weighted by molar-refractivity contribution is 0.415. The van der Waals surface area contributed by atoms with Crippen molar-refractivity contribution in [1.29, 1.82) is 0 Å². The van der Waals surface area contributed by atoms with Crippen molar-refractivity contribution in [3.05, 3.63) is 71.3 Å². The molecule has 4 nitrogen and oxygen atoms in total. The van der Waals surface area contributed by atoms with Gasteiger partial charge in [-0.25, -0.2) is 13.1 Å². The van der Waals surface area contributed by atoms with Crippen LogP contribution in [0.1, 0.15) is 36.1 Å². The molecule has 0 spiro atoms. The van der Waals surface area contributed by atoms with Crippen LogP contribution in [0.15, 0.2) is 59.5 Å². The summed E-state index contributed by atoms with van der Waals surface area (Å²) in [6.07, 6.45) is 0.673. The molecule has 0 aliphatic heterocycles. The molecule has 0 amide bonds. The van der Waals surface area contributed by atoms with E-state index in [0.29, 0.717) is 6.42 Å². The summed E-state index contributed by atoms with van der Waals surface area (Å²) in [6.45, 7) is 6.07. The van der Waals surface area contributed by atoms with Gasteiger partial charge in [0.25, 0.3) is 0 Å². The quantitative estimate of drug-likeness (QED) is 0.659. The zero-order valence-electron chi connectivity index (χ0n) is 16.1. The molecule has 0 bridgehead atoms. The molecule has 1 N–H and O–H groups in total. The monoisotopic (exact) mass is 383 g/mol. The predicted molar refractivity (Wildman–Crippen MR) is 110 cm³/mol. The zero-order chi connectivity index (χ0) is 19.6. The van der Waals surface area contributed by atoms with Gasteiger partial charge < -0.3 is 4.74 Å². The maximum atomic E-state index is 13.0. The van der Waals surface area contributed by atoms with E-state index in [1.165, 1.54) is 5.56 Å². The molecule has 1 atom stereocenters. The van der Waals surface area contributed by atoms with Crippen molar-refractivity contribution in [2.75, 3.05) is 7.11 Å². The Hall–Kier alpha value is -2.37. The average molecular weight is 384 g/mol. The van der Waals surface area contributed by atoms with E-state index in [0.717, 1.165) is 27.6 Å². The summed E-state index contributed by atoms with van der Waals surface area (Å²) in [5, 5.41) is 1.80. The molecule has 3 aromatic carbocycles. The minimum absolute atomic E-state index is 0.263. The lowest BCUT2D eigenvalue weighted by atomic mass is 10.0. The van der Waals surface area contributed by atoms with E-state index in [9.17, 15) is 8.42 Å². The van der Waals surface area contributed by atoms with Crippen molar-refractivity contribution in [3.8, 4) is 5.75 Å². The van der Waals surface area contributed by atoms with E-state index in [1.54, 1.807) is 19.2 Å². The average Bonchev–Trinajstić information content (AvgIpc) is 2.67. The third kappa shape index (κ3) is 4.15. The van der Waals surface area contributed by atoms with Gasteiger partial charge in [0.15, 0.2) is 0 Å². The predicted octanol–water partition coefficient (Wildman–Crippen LogP) is 4.89. The minimum Gasteiger partial charge on any atom is -0.497 e. The number of benzene rings is 3. The molecule has 0 saturated carbocycles. The van der Waals surface area contributed by atoms with Gasteiger partial charge in [-0.1, -0.05) is 37.3 Å². The number of hydrogen-bond acceptors (Lipinski definition) is 3. The van der Waals surface area contributed by atoms with Gasteiger partial charge in [0.1, 0.15) is 5.75 Å². The molecule has 27 heavy (non-hydrogen) atoms. The summed E-state index contributed by atoms with van der Waals surface area (Å²) in [4.78, 5) is 0.266. The van der Waals surface area contributed by atoms with Gasteiger partial charge in [0.2, 0.25) is 10.0 Å². The third-order valence-corrected chi connectivity index (χ3v) is 6.44. The van der Waals surface area contributed by atoms with Gasteiger partial charge in [-0.15, -0.1) is 0 Å². The molecule has 142 valence electrons. The standard InChI is InChI=1S/C22H25NO3S/c1-5-22(19-7-6-15(2)16(3)12-19)23-27(24,25)21-11-9-17-13-20(26-4)10-8-18(17)14-21/h6-14,22-23H,5H2,1-4H3. The molecule has 0 aliphatic carbocycles. The van der Waals surface area contributed by atoms with Crippen molar-refractivity contribution in [3.63, 3.8) is 0 Å². The lowest BCUT2D eigenvalue weighted by Crippen LogP contribution is -2.28. The number of fused-ring (bicyclic) bond motifs is 1. The molecule has 0 heterocycles. The zero-order valence-corrected chi connectivity index (χ0v) is 16.9. The Balaban J connectivity index is 1.92. The second kappa shape index (κ2) is 7.71. The normalized spacial score (nSPS) is 12.9. The fraction of sp³-hybridized carbons (Fsp3) is 0.273. The van der Waals surface area contributed by atoms with Crippen LogP contribution < -0.4 is 9.46 Å². The second-order valence-electron chi connectivity index (χ2n) is 6.80. The Morgan fingerprint density at radius 2 is 1.63 bits per heavy atom. The van der Waals surface area contributed by atoms with E-state index in [1.807, 2.05) is 57.2 Å². The third-order valence-electron chi connectivity index (χ3n) is 4.97. The molecule has 5 heteroatoms. The van der Waals surface area contributed by atoms with Gasteiger partial charge in [-0.05, 0) is 72.0 Å². The molecule has 0 aliphatic rings. The highest BCUT2D eigenvalue weighted by Crippen LogP contribution is 2.26. The number of rotatable bonds is 6. The summed E-state index contributed by atoms with van der Waals surface area (Å²) >= 11 is 0. The highest BCUT2D eigenvalue weighted by molar-refractivity contribution is 7.89. The van der Waals surface area contributed by atoms with Crippen molar-refractivity contribution >= 4 is 20.8 Å². The van der Waals surface area contributed by atoms with E-state index < -0.39 is 10.0 Å². The van der Waals surface area contributed by atoms with E-state index in [4.69, 9.17) is 4.74 Å². The van der Waals surface area contributed by atoms with Crippen LogP contribution in [0.2, 0.25) is 0 Å². The van der Waals surface area contributed by atoms with Crippen LogP contribution in [-0.2, 0) is 10.0 Å². The molecule has 3 aromatic rings. The first-order valence-corrected chi connectivity index (χ1v) is 10.5. The topological polar surface area (TPSA) is 55.4 Å². The number of nitrogens with one attached hydrogen (secondary N) is 1. The second-order valence-corrected chi connectivity index (χ2v) is 8.51. The van der Waals surface area contributed by atoms with Gasteiger partial charge in [0, 0.05) is 6.04 Å². The van der Waals surface area contributed by atoms with Crippen molar-refractivity contribution in [2.24, 2.45) is 0 Å². The van der Waals surface area contributed by atoms with Gasteiger partial charge >= 0.3 is 0 Å². The van der Waals surface area contributed by atoms with Gasteiger partial charge in [0.05, 0.1) is 12.0 Å². The summed E-state index contributed by atoms with van der Waals surface area (Å²) < 4.78 is 34.0. The summed E-state index contributed by atoms with van der Waals surface area (Å²) in [5.74, 6) is 0.747. The first-order chi connectivity index (χ1) is 12.8. The number of sulfonamides is 1. The molecule has 0 fully saturated rings. The molecule has 0 aromatic heterocycles. The Kier molecular flexibility index (Phi) is 5.53. The largest absolute Gasteiger partial charge is 0.497 e. The molecule has 1 unspecified atom stereocenters. The van der Waals surface area contributed by atoms with Gasteiger partial charge in [-0.3, -0.25) is 0 Å². The Morgan fingerprint density at radius 3 is 2.30 bits per heavy atom. The highest BCUT2D eigenvalue weighted by Gasteiger charge is 2.21. The lowest BCUT2D eigenvalue weighted by Gasteiger charge is -2.19. The Labute approximate surface area is 161 Å². The SMILES string of the molecule is CCC(NS(=O)(=O)c1ccc2cc(OC)ccc2c1)c1ccc(C)c(C)c1. The maximum absolute atomic E-state index is 13.0. The van der Waals surface area contributed by atoms with E-state index in [2.05, 4.69) is 10.8 Å². The van der Waals surface area contributed by atoms with Crippen molar-refractivity contribution in [2.45, 2.75) is 38.1 Å². The fourth-order valence-electron chi connectivity index (χ4n) is 3.12. The summed E-state index contributed by atoms with van der Waals surface area (Å²) in [7, 11) is -2.02. The molecule has 0 saturated heterocycles.